The average Bonchev–Trinajstić information content (AvgIpc) is 3.07. The van der Waals surface area contributed by atoms with E-state index in [0.717, 1.165) is 23.1 Å². The lowest BCUT2D eigenvalue weighted by Gasteiger charge is -2.18. The molecule has 0 saturated heterocycles. The zero-order valence-corrected chi connectivity index (χ0v) is 27.5. The van der Waals surface area contributed by atoms with E-state index in [9.17, 15) is 14.7 Å². The molecule has 0 aliphatic rings. The second kappa shape index (κ2) is 17.5. The number of aryl methyl sites for hydroxylation is 1. The summed E-state index contributed by atoms with van der Waals surface area (Å²) in [4.78, 5) is 26.7. The van der Waals surface area contributed by atoms with Gasteiger partial charge in [0.1, 0.15) is 40.9 Å². The van der Waals surface area contributed by atoms with Crippen molar-refractivity contribution in [3.05, 3.63) is 125 Å². The van der Waals surface area contributed by atoms with Gasteiger partial charge >= 0.3 is 5.97 Å². The van der Waals surface area contributed by atoms with E-state index < -0.39 is 5.97 Å². The third-order valence-electron chi connectivity index (χ3n) is 7.30. The lowest BCUT2D eigenvalue weighted by Crippen LogP contribution is -2.10. The maximum Gasteiger partial charge on any atom is 0.339 e. The van der Waals surface area contributed by atoms with E-state index in [1.54, 1.807) is 30.5 Å². The monoisotopic (exact) mass is 637 g/mol. The molecular formula is C39H43NO7. The smallest absolute Gasteiger partial charge is 0.339 e. The van der Waals surface area contributed by atoms with Gasteiger partial charge in [-0.15, -0.1) is 0 Å². The molecule has 0 atom stereocenters. The second-order valence-electron chi connectivity index (χ2n) is 11.2. The summed E-state index contributed by atoms with van der Waals surface area (Å²) in [7, 11) is 3.73. The number of hydrogen-bond donors (Lipinski definition) is 1. The third kappa shape index (κ3) is 9.87. The van der Waals surface area contributed by atoms with Crippen LogP contribution in [0.2, 0.25) is 0 Å². The van der Waals surface area contributed by atoms with E-state index in [0.29, 0.717) is 67.6 Å². The molecule has 4 rings (SSSR count). The van der Waals surface area contributed by atoms with Crippen LogP contribution in [-0.2, 0) is 19.4 Å². The Hall–Kier alpha value is -5.24. The molecule has 8 heteroatoms. The number of allylic oxidation sites excluding steroid dienone is 1. The second-order valence-corrected chi connectivity index (χ2v) is 11.2. The molecule has 246 valence electrons. The van der Waals surface area contributed by atoms with Crippen LogP contribution in [0.3, 0.4) is 0 Å². The minimum Gasteiger partial charge on any atom is -0.493 e. The number of rotatable bonds is 18. The summed E-state index contributed by atoms with van der Waals surface area (Å²) >= 11 is 0. The van der Waals surface area contributed by atoms with E-state index in [2.05, 4.69) is 6.92 Å². The highest BCUT2D eigenvalue weighted by Crippen LogP contribution is 2.35. The van der Waals surface area contributed by atoms with Gasteiger partial charge in [0.25, 0.3) is 0 Å². The fraction of sp³-hybridized carbons (Fsp3) is 0.282. The van der Waals surface area contributed by atoms with Crippen LogP contribution in [0.4, 0.5) is 0 Å². The van der Waals surface area contributed by atoms with Crippen LogP contribution in [0.1, 0.15) is 64.1 Å². The molecule has 0 heterocycles. The van der Waals surface area contributed by atoms with Crippen molar-refractivity contribution in [3.63, 3.8) is 0 Å². The van der Waals surface area contributed by atoms with Gasteiger partial charge in [-0.2, -0.15) is 0 Å². The maximum atomic E-state index is 13.2. The van der Waals surface area contributed by atoms with Gasteiger partial charge in [-0.3, -0.25) is 4.79 Å². The predicted molar refractivity (Wildman–Crippen MR) is 183 cm³/mol. The largest absolute Gasteiger partial charge is 0.493 e. The molecule has 0 amide bonds. The molecule has 0 aliphatic heterocycles. The van der Waals surface area contributed by atoms with Gasteiger partial charge in [-0.25, -0.2) is 4.79 Å². The number of carboxylic acid groups (broad SMARTS) is 1. The number of carbonyl (C=O) groups excluding carboxylic acids is 1. The fourth-order valence-electron chi connectivity index (χ4n) is 4.92. The number of hydrogen-bond acceptors (Lipinski definition) is 7. The highest BCUT2D eigenvalue weighted by atomic mass is 16.5. The standard InChI is InChI=1S/C39H43NO7/c1-5-14-30-34(19-12-20-35(30)47-36-18-11-10-17-31(36)39(42)43)44-23-13-24-45-37-26-38(46-27-28-15-8-7-9-16-28)32(25-29(37)6-2)33(41)21-22-40(3)4/h7-12,15-22,25-26H,5-6,13-14,23-24,27H2,1-4H3,(H,42,43). The van der Waals surface area contributed by atoms with Gasteiger partial charge in [-0.1, -0.05) is 68.8 Å². The van der Waals surface area contributed by atoms with Crippen molar-refractivity contribution in [1.29, 1.82) is 0 Å². The van der Waals surface area contributed by atoms with Gasteiger partial charge < -0.3 is 29.0 Å². The molecule has 47 heavy (non-hydrogen) atoms. The normalized spacial score (nSPS) is 10.9. The number of carbonyl (C=O) groups is 2. The van der Waals surface area contributed by atoms with Crippen LogP contribution in [0, 0.1) is 0 Å². The van der Waals surface area contributed by atoms with Gasteiger partial charge in [-0.05, 0) is 54.3 Å². The van der Waals surface area contributed by atoms with Crippen LogP contribution >= 0.6 is 0 Å². The average molecular weight is 638 g/mol. The minimum absolute atomic E-state index is 0.0981. The zero-order chi connectivity index (χ0) is 33.6. The molecule has 0 fully saturated rings. The molecule has 0 spiro atoms. The van der Waals surface area contributed by atoms with Gasteiger partial charge in [0.15, 0.2) is 5.78 Å². The molecule has 1 N–H and O–H groups in total. The lowest BCUT2D eigenvalue weighted by molar-refractivity contribution is 0.0694. The number of benzene rings is 4. The molecule has 4 aromatic rings. The molecule has 0 aliphatic carbocycles. The third-order valence-corrected chi connectivity index (χ3v) is 7.30. The van der Waals surface area contributed by atoms with E-state index >= 15 is 0 Å². The number of ketones is 1. The number of ether oxygens (including phenoxy) is 4. The summed E-state index contributed by atoms with van der Waals surface area (Å²) in [5.41, 5.74) is 3.38. The molecule has 0 aromatic heterocycles. The Morgan fingerprint density at radius 2 is 1.43 bits per heavy atom. The van der Waals surface area contributed by atoms with Crippen LogP contribution < -0.4 is 18.9 Å². The predicted octanol–water partition coefficient (Wildman–Crippen LogP) is 8.38. The SMILES string of the molecule is CCCc1c(OCCCOc2cc(OCc3ccccc3)c(C(=O)C=CN(C)C)cc2CC)cccc1Oc1ccccc1C(=O)O. The van der Waals surface area contributed by atoms with E-state index in [1.165, 1.54) is 6.07 Å². The fourth-order valence-corrected chi connectivity index (χ4v) is 4.92. The first kappa shape index (κ1) is 34.6. The first-order chi connectivity index (χ1) is 22.8. The van der Waals surface area contributed by atoms with Gasteiger partial charge in [0.05, 0.1) is 18.8 Å². The number of aromatic carboxylic acids is 1. The highest BCUT2D eigenvalue weighted by Gasteiger charge is 2.18. The number of carboxylic acids is 1. The van der Waals surface area contributed by atoms with E-state index in [4.69, 9.17) is 18.9 Å². The highest BCUT2D eigenvalue weighted by molar-refractivity contribution is 6.06. The van der Waals surface area contributed by atoms with E-state index in [-0.39, 0.29) is 17.1 Å². The Bertz CT molecular complexity index is 1660. The van der Waals surface area contributed by atoms with Crippen molar-refractivity contribution in [2.75, 3.05) is 27.3 Å². The summed E-state index contributed by atoms with van der Waals surface area (Å²) in [5.74, 6) is 1.49. The van der Waals surface area contributed by atoms with Crippen molar-refractivity contribution in [2.24, 2.45) is 0 Å². The summed E-state index contributed by atoms with van der Waals surface area (Å²) in [6.45, 7) is 5.21. The Balaban J connectivity index is 1.45. The molecule has 0 bridgehead atoms. The van der Waals surface area contributed by atoms with Crippen LogP contribution in [0.15, 0.2) is 97.2 Å². The van der Waals surface area contributed by atoms with Gasteiger partial charge in [0, 0.05) is 44.4 Å². The van der Waals surface area contributed by atoms with Crippen molar-refractivity contribution in [3.8, 4) is 28.7 Å². The number of nitrogens with zero attached hydrogens (tertiary/aromatic N) is 1. The molecule has 8 nitrogen and oxygen atoms in total. The van der Waals surface area contributed by atoms with Crippen LogP contribution in [-0.4, -0.2) is 49.1 Å². The summed E-state index contributed by atoms with van der Waals surface area (Å²) < 4.78 is 24.7. The minimum atomic E-state index is -1.05. The Morgan fingerprint density at radius 3 is 2.13 bits per heavy atom. The maximum absolute atomic E-state index is 13.2. The first-order valence-corrected chi connectivity index (χ1v) is 15.9. The van der Waals surface area contributed by atoms with Crippen LogP contribution in [0.5, 0.6) is 28.7 Å². The quantitative estimate of drug-likeness (QED) is 0.0661. The van der Waals surface area contributed by atoms with Crippen molar-refractivity contribution >= 4 is 11.8 Å². The summed E-state index contributed by atoms with van der Waals surface area (Å²) in [6.07, 6.45) is 6.12. The van der Waals surface area contributed by atoms with E-state index in [1.807, 2.05) is 86.6 Å². The molecule has 4 aromatic carbocycles. The lowest BCUT2D eigenvalue weighted by atomic mass is 10.0. The molecule has 0 radical (unpaired) electrons. The van der Waals surface area contributed by atoms with Crippen LogP contribution in [0.25, 0.3) is 0 Å². The number of para-hydroxylation sites is 1. The zero-order valence-electron chi connectivity index (χ0n) is 27.5. The van der Waals surface area contributed by atoms with Crippen molar-refractivity contribution in [1.82, 2.24) is 4.90 Å². The molecule has 0 saturated carbocycles. The Morgan fingerprint density at radius 1 is 0.745 bits per heavy atom. The van der Waals surface area contributed by atoms with Gasteiger partial charge in [0.2, 0.25) is 0 Å². The topological polar surface area (TPSA) is 94.5 Å². The molecular weight excluding hydrogens is 594 g/mol. The van der Waals surface area contributed by atoms with Crippen molar-refractivity contribution < 1.29 is 33.6 Å². The summed E-state index contributed by atoms with van der Waals surface area (Å²) in [6, 6.07) is 25.6. The first-order valence-electron chi connectivity index (χ1n) is 15.9. The Kier molecular flexibility index (Phi) is 12.9. The summed E-state index contributed by atoms with van der Waals surface area (Å²) in [5, 5.41) is 9.58. The van der Waals surface area contributed by atoms with Crippen molar-refractivity contribution in [2.45, 2.75) is 46.1 Å². The Labute approximate surface area is 277 Å². The molecule has 0 unspecified atom stereocenters.